The number of hydrogen-bond donors (Lipinski definition) is 1. The molecule has 2 aromatic rings. The molecular weight excluding hydrogens is 348 g/mol. The van der Waals surface area contributed by atoms with Gasteiger partial charge in [-0.15, -0.1) is 11.3 Å². The van der Waals surface area contributed by atoms with Crippen molar-refractivity contribution in [2.45, 2.75) is 25.1 Å². The van der Waals surface area contributed by atoms with E-state index >= 15 is 0 Å². The molecule has 1 aromatic carbocycles. The summed E-state index contributed by atoms with van der Waals surface area (Å²) in [5, 5.41) is 13.0. The van der Waals surface area contributed by atoms with E-state index < -0.39 is 11.6 Å². The fourth-order valence-corrected chi connectivity index (χ4v) is 3.81. The molecule has 1 N–H and O–H groups in total. The van der Waals surface area contributed by atoms with E-state index in [9.17, 15) is 9.90 Å². The third-order valence-corrected chi connectivity index (χ3v) is 5.70. The van der Waals surface area contributed by atoms with Gasteiger partial charge in [0.05, 0.1) is 17.6 Å². The van der Waals surface area contributed by atoms with Crippen LogP contribution in [-0.2, 0) is 15.1 Å². The Bertz CT molecular complexity index is 748. The molecule has 0 saturated heterocycles. The molecular formula is C20H24N2O3S. The van der Waals surface area contributed by atoms with Crippen LogP contribution in [0.15, 0.2) is 60.2 Å². The lowest BCUT2D eigenvalue weighted by Crippen LogP contribution is -2.38. The molecule has 3 rings (SSSR count). The molecule has 1 aliphatic rings. The number of esters is 1. The van der Waals surface area contributed by atoms with Crippen LogP contribution in [0.3, 0.4) is 0 Å². The number of benzene rings is 1. The molecule has 0 saturated carbocycles. The lowest BCUT2D eigenvalue weighted by molar-refractivity contribution is -0.162. The molecule has 6 heteroatoms. The van der Waals surface area contributed by atoms with Gasteiger partial charge in [-0.3, -0.25) is 0 Å². The molecule has 0 aliphatic carbocycles. The number of carbonyl (C=O) groups is 1. The summed E-state index contributed by atoms with van der Waals surface area (Å²) < 4.78 is 5.46. The van der Waals surface area contributed by atoms with E-state index in [0.29, 0.717) is 23.0 Å². The van der Waals surface area contributed by atoms with E-state index in [1.54, 1.807) is 30.3 Å². The van der Waals surface area contributed by atoms with Crippen LogP contribution in [0.5, 0.6) is 0 Å². The van der Waals surface area contributed by atoms with Crippen molar-refractivity contribution in [3.63, 3.8) is 0 Å². The molecule has 0 radical (unpaired) electrons. The molecule has 0 amide bonds. The minimum atomic E-state index is -1.77. The van der Waals surface area contributed by atoms with Crippen molar-refractivity contribution < 1.29 is 14.6 Å². The highest BCUT2D eigenvalue weighted by atomic mass is 32.1. The van der Waals surface area contributed by atoms with E-state index in [2.05, 4.69) is 16.7 Å². The van der Waals surface area contributed by atoms with Crippen LogP contribution in [0.1, 0.15) is 23.8 Å². The molecule has 5 nitrogen and oxygen atoms in total. The van der Waals surface area contributed by atoms with Gasteiger partial charge in [-0.25, -0.2) is 4.79 Å². The van der Waals surface area contributed by atoms with Gasteiger partial charge in [-0.2, -0.15) is 0 Å². The van der Waals surface area contributed by atoms with Crippen molar-refractivity contribution in [2.24, 2.45) is 0 Å². The first-order valence-electron chi connectivity index (χ1n) is 8.68. The zero-order chi connectivity index (χ0) is 18.6. The second-order valence-electron chi connectivity index (χ2n) is 6.38. The first-order chi connectivity index (χ1) is 12.5. The SMILES string of the molecule is CC1N(C)C=CN1CCCOC(=O)C(O)(c1ccccc1)c1cccs1. The third kappa shape index (κ3) is 3.61. The first kappa shape index (κ1) is 18.5. The van der Waals surface area contributed by atoms with E-state index in [1.807, 2.05) is 37.0 Å². The van der Waals surface area contributed by atoms with Gasteiger partial charge < -0.3 is 19.6 Å². The Morgan fingerprint density at radius 3 is 2.62 bits per heavy atom. The summed E-state index contributed by atoms with van der Waals surface area (Å²) in [5.74, 6) is -0.631. The topological polar surface area (TPSA) is 53.0 Å². The van der Waals surface area contributed by atoms with Crippen LogP contribution in [0.4, 0.5) is 0 Å². The van der Waals surface area contributed by atoms with Gasteiger partial charge >= 0.3 is 5.97 Å². The standard InChI is InChI=1S/C20H24N2O3S/c1-16-21(2)12-13-22(16)11-7-14-25-19(23)20(24,18-10-6-15-26-18)17-8-4-3-5-9-17/h3-6,8-10,12-13,15-16,24H,7,11,14H2,1-2H3. The summed E-state index contributed by atoms with van der Waals surface area (Å²) in [4.78, 5) is 17.6. The zero-order valence-corrected chi connectivity index (χ0v) is 15.9. The van der Waals surface area contributed by atoms with Crippen molar-refractivity contribution >= 4 is 17.3 Å². The molecule has 2 atom stereocenters. The molecule has 1 aromatic heterocycles. The maximum Gasteiger partial charge on any atom is 0.348 e. The summed E-state index contributed by atoms with van der Waals surface area (Å²) in [5.41, 5.74) is -1.25. The van der Waals surface area contributed by atoms with Crippen LogP contribution in [0.25, 0.3) is 0 Å². The van der Waals surface area contributed by atoms with Gasteiger partial charge in [-0.05, 0) is 24.8 Å². The Morgan fingerprint density at radius 1 is 1.23 bits per heavy atom. The minimum absolute atomic E-state index is 0.264. The highest BCUT2D eigenvalue weighted by Crippen LogP contribution is 2.34. The molecule has 0 spiro atoms. The molecule has 138 valence electrons. The predicted molar refractivity (Wildman–Crippen MR) is 102 cm³/mol. The highest BCUT2D eigenvalue weighted by Gasteiger charge is 2.42. The van der Waals surface area contributed by atoms with Gasteiger partial charge in [0.2, 0.25) is 5.60 Å². The van der Waals surface area contributed by atoms with Crippen molar-refractivity contribution in [1.82, 2.24) is 9.80 Å². The Kier molecular flexibility index (Phi) is 5.64. The molecule has 0 fully saturated rings. The largest absolute Gasteiger partial charge is 0.463 e. The smallest absolute Gasteiger partial charge is 0.348 e. The Hall–Kier alpha value is -2.31. The Labute approximate surface area is 158 Å². The number of rotatable bonds is 7. The lowest BCUT2D eigenvalue weighted by Gasteiger charge is -2.28. The van der Waals surface area contributed by atoms with Crippen molar-refractivity contribution in [1.29, 1.82) is 0 Å². The van der Waals surface area contributed by atoms with Gasteiger partial charge in [-0.1, -0.05) is 36.4 Å². The van der Waals surface area contributed by atoms with E-state index in [1.165, 1.54) is 11.3 Å². The third-order valence-electron chi connectivity index (χ3n) is 4.72. The highest BCUT2D eigenvalue weighted by molar-refractivity contribution is 7.10. The number of nitrogens with zero attached hydrogens (tertiary/aromatic N) is 2. The molecule has 2 unspecified atom stereocenters. The van der Waals surface area contributed by atoms with E-state index in [0.717, 1.165) is 6.54 Å². The quantitative estimate of drug-likeness (QED) is 0.598. The fraction of sp³-hybridized carbons (Fsp3) is 0.350. The van der Waals surface area contributed by atoms with Crippen LogP contribution in [0, 0.1) is 0 Å². The summed E-state index contributed by atoms with van der Waals surface area (Å²) in [6.07, 6.45) is 5.07. The fourth-order valence-electron chi connectivity index (χ4n) is 2.98. The Morgan fingerprint density at radius 2 is 2.00 bits per heavy atom. The van der Waals surface area contributed by atoms with Gasteiger partial charge in [0, 0.05) is 31.6 Å². The summed E-state index contributed by atoms with van der Waals surface area (Å²) in [6.45, 7) is 3.18. The van der Waals surface area contributed by atoms with Crippen LogP contribution in [0.2, 0.25) is 0 Å². The van der Waals surface area contributed by atoms with Gasteiger partial charge in [0.25, 0.3) is 0 Å². The summed E-state index contributed by atoms with van der Waals surface area (Å²) in [7, 11) is 2.03. The van der Waals surface area contributed by atoms with Crippen molar-refractivity contribution in [3.8, 4) is 0 Å². The molecule has 26 heavy (non-hydrogen) atoms. The van der Waals surface area contributed by atoms with Crippen molar-refractivity contribution in [2.75, 3.05) is 20.2 Å². The Balaban J connectivity index is 1.63. The van der Waals surface area contributed by atoms with Gasteiger partial charge in [0.1, 0.15) is 0 Å². The average Bonchev–Trinajstić information content (AvgIpc) is 3.31. The monoisotopic (exact) mass is 372 g/mol. The van der Waals surface area contributed by atoms with Crippen LogP contribution < -0.4 is 0 Å². The predicted octanol–water partition coefficient (Wildman–Crippen LogP) is 2.98. The van der Waals surface area contributed by atoms with Gasteiger partial charge in [0.15, 0.2) is 0 Å². The average molecular weight is 372 g/mol. The van der Waals surface area contributed by atoms with E-state index in [-0.39, 0.29) is 6.61 Å². The zero-order valence-electron chi connectivity index (χ0n) is 15.0. The second-order valence-corrected chi connectivity index (χ2v) is 7.32. The lowest BCUT2D eigenvalue weighted by atomic mass is 9.92. The van der Waals surface area contributed by atoms with Crippen LogP contribution >= 0.6 is 11.3 Å². The molecule has 2 heterocycles. The summed E-state index contributed by atoms with van der Waals surface area (Å²) >= 11 is 1.34. The van der Waals surface area contributed by atoms with E-state index in [4.69, 9.17) is 4.74 Å². The number of aliphatic hydroxyl groups is 1. The second kappa shape index (κ2) is 7.93. The van der Waals surface area contributed by atoms with Crippen molar-refractivity contribution in [3.05, 3.63) is 70.7 Å². The number of hydrogen-bond acceptors (Lipinski definition) is 6. The normalized spacial score (nSPS) is 18.8. The number of ether oxygens (including phenoxy) is 1. The first-order valence-corrected chi connectivity index (χ1v) is 9.56. The maximum atomic E-state index is 12.8. The number of carbonyl (C=O) groups excluding carboxylic acids is 1. The minimum Gasteiger partial charge on any atom is -0.463 e. The summed E-state index contributed by atoms with van der Waals surface area (Å²) in [6, 6.07) is 12.5. The molecule has 1 aliphatic heterocycles. The van der Waals surface area contributed by atoms with Crippen LogP contribution in [-0.4, -0.2) is 47.2 Å². The number of thiophene rings is 1. The molecule has 0 bridgehead atoms. The maximum absolute atomic E-state index is 12.8.